The van der Waals surface area contributed by atoms with E-state index in [1.165, 1.54) is 22.6 Å². The lowest BCUT2D eigenvalue weighted by molar-refractivity contribution is 0.270. The van der Waals surface area contributed by atoms with Gasteiger partial charge in [-0.15, -0.1) is 17.9 Å². The fourth-order valence-electron chi connectivity index (χ4n) is 3.54. The van der Waals surface area contributed by atoms with Crippen molar-refractivity contribution < 1.29 is 0 Å². The third-order valence-corrected chi connectivity index (χ3v) is 6.20. The molecule has 136 valence electrons. The zero-order valence-corrected chi connectivity index (χ0v) is 16.1. The van der Waals surface area contributed by atoms with Crippen LogP contribution in [0.4, 0.5) is 0 Å². The van der Waals surface area contributed by atoms with E-state index in [4.69, 9.17) is 4.98 Å². The molecular weight excluding hydrogens is 346 g/mol. The maximum absolute atomic E-state index is 12.8. The zero-order chi connectivity index (χ0) is 18.3. The van der Waals surface area contributed by atoms with Gasteiger partial charge in [0.1, 0.15) is 10.5 Å². The van der Waals surface area contributed by atoms with Crippen molar-refractivity contribution in [2.24, 2.45) is 0 Å². The van der Waals surface area contributed by atoms with Gasteiger partial charge in [-0.25, -0.2) is 4.98 Å². The van der Waals surface area contributed by atoms with Crippen molar-refractivity contribution >= 4 is 21.6 Å². The van der Waals surface area contributed by atoms with Crippen LogP contribution in [0.3, 0.4) is 0 Å². The Kier molecular flexibility index (Phi) is 4.50. The highest BCUT2D eigenvalue weighted by molar-refractivity contribution is 7.17. The van der Waals surface area contributed by atoms with Crippen LogP contribution < -0.4 is 5.56 Å². The number of hydrogen-bond acceptors (Lipinski definition) is 5. The van der Waals surface area contributed by atoms with Crippen molar-refractivity contribution in [3.05, 3.63) is 57.2 Å². The summed E-state index contributed by atoms with van der Waals surface area (Å²) < 4.78 is 4.62. The number of aryl methyl sites for hydroxylation is 1. The van der Waals surface area contributed by atoms with Crippen LogP contribution in [0.25, 0.3) is 10.2 Å². The molecule has 4 rings (SSSR count). The highest BCUT2D eigenvalue weighted by Crippen LogP contribution is 2.22. The Bertz CT molecular complexity index is 1030. The van der Waals surface area contributed by atoms with Gasteiger partial charge in [0, 0.05) is 43.9 Å². The average molecular weight is 369 g/mol. The van der Waals surface area contributed by atoms with Gasteiger partial charge in [-0.05, 0) is 24.8 Å². The summed E-state index contributed by atoms with van der Waals surface area (Å²) in [7, 11) is 0. The second kappa shape index (κ2) is 6.81. The quantitative estimate of drug-likeness (QED) is 0.663. The average Bonchev–Trinajstić information content (AvgIpc) is 3.08. The molecule has 0 saturated carbocycles. The number of thiophene rings is 1. The standard InChI is InChI=1S/C19H23N5OS/c1-4-6-24-14(3)15(10-20-24)11-22-7-5-16-21-17-13(2)12-26-18(17)19(25)23(16)9-8-22/h4,10,12H,1,5-9,11H2,2-3H3. The van der Waals surface area contributed by atoms with E-state index in [1.54, 1.807) is 0 Å². The van der Waals surface area contributed by atoms with E-state index in [-0.39, 0.29) is 5.56 Å². The third-order valence-electron chi connectivity index (χ3n) is 5.13. The van der Waals surface area contributed by atoms with Crippen LogP contribution in [0, 0.1) is 13.8 Å². The van der Waals surface area contributed by atoms with Crippen LogP contribution in [0.1, 0.15) is 22.6 Å². The molecule has 0 N–H and O–H groups in total. The monoisotopic (exact) mass is 369 g/mol. The number of nitrogens with zero attached hydrogens (tertiary/aromatic N) is 5. The van der Waals surface area contributed by atoms with Crippen LogP contribution in [0.5, 0.6) is 0 Å². The first kappa shape index (κ1) is 17.2. The summed E-state index contributed by atoms with van der Waals surface area (Å²) in [5.41, 5.74) is 4.49. The van der Waals surface area contributed by atoms with E-state index in [9.17, 15) is 4.79 Å². The van der Waals surface area contributed by atoms with Gasteiger partial charge in [-0.2, -0.15) is 5.10 Å². The van der Waals surface area contributed by atoms with E-state index < -0.39 is 0 Å². The molecule has 0 aromatic carbocycles. The lowest BCUT2D eigenvalue weighted by Gasteiger charge is -2.19. The zero-order valence-electron chi connectivity index (χ0n) is 15.2. The lowest BCUT2D eigenvalue weighted by Crippen LogP contribution is -2.28. The molecule has 0 fully saturated rings. The van der Waals surface area contributed by atoms with Crippen LogP contribution in [0.15, 0.2) is 29.0 Å². The highest BCUT2D eigenvalue weighted by Gasteiger charge is 2.20. The molecule has 0 spiro atoms. The summed E-state index contributed by atoms with van der Waals surface area (Å²) in [5.74, 6) is 0.908. The van der Waals surface area contributed by atoms with Crippen LogP contribution in [0.2, 0.25) is 0 Å². The van der Waals surface area contributed by atoms with Gasteiger partial charge in [-0.1, -0.05) is 6.08 Å². The maximum Gasteiger partial charge on any atom is 0.271 e. The van der Waals surface area contributed by atoms with Crippen LogP contribution in [-0.4, -0.2) is 37.3 Å². The molecule has 0 saturated heterocycles. The van der Waals surface area contributed by atoms with Gasteiger partial charge >= 0.3 is 0 Å². The first-order valence-electron chi connectivity index (χ1n) is 8.90. The molecule has 7 heteroatoms. The Labute approximate surface area is 156 Å². The largest absolute Gasteiger partial charge is 0.297 e. The number of hydrogen-bond donors (Lipinski definition) is 0. The van der Waals surface area contributed by atoms with Gasteiger partial charge in [0.15, 0.2) is 0 Å². The van der Waals surface area contributed by atoms with Crippen molar-refractivity contribution in [3.8, 4) is 0 Å². The second-order valence-corrected chi connectivity index (χ2v) is 7.71. The third kappa shape index (κ3) is 2.91. The maximum atomic E-state index is 12.8. The molecule has 6 nitrogen and oxygen atoms in total. The Balaban J connectivity index is 1.57. The van der Waals surface area contributed by atoms with Crippen LogP contribution in [-0.2, 0) is 26.1 Å². The van der Waals surface area contributed by atoms with Crippen molar-refractivity contribution in [1.82, 2.24) is 24.2 Å². The Morgan fingerprint density at radius 2 is 2.15 bits per heavy atom. The smallest absolute Gasteiger partial charge is 0.271 e. The molecule has 0 aliphatic carbocycles. The number of fused-ring (bicyclic) bond motifs is 2. The summed E-state index contributed by atoms with van der Waals surface area (Å²) in [5, 5.41) is 6.46. The molecule has 26 heavy (non-hydrogen) atoms. The fraction of sp³-hybridized carbons (Fsp3) is 0.421. The normalized spacial score (nSPS) is 15.2. The molecule has 0 atom stereocenters. The number of rotatable bonds is 4. The fourth-order valence-corrected chi connectivity index (χ4v) is 4.47. The summed E-state index contributed by atoms with van der Waals surface area (Å²) in [6, 6.07) is 0. The van der Waals surface area contributed by atoms with Gasteiger partial charge in [0.05, 0.1) is 18.3 Å². The van der Waals surface area contributed by atoms with Crippen molar-refractivity contribution in [3.63, 3.8) is 0 Å². The molecule has 0 radical (unpaired) electrons. The minimum absolute atomic E-state index is 0.111. The lowest BCUT2D eigenvalue weighted by atomic mass is 10.2. The SMILES string of the molecule is C=CCn1ncc(CN2CCc3nc4c(C)csc4c(=O)n3CC2)c1C. The first-order chi connectivity index (χ1) is 12.6. The summed E-state index contributed by atoms with van der Waals surface area (Å²) in [4.78, 5) is 20.0. The number of allylic oxidation sites excluding steroid dienone is 1. The highest BCUT2D eigenvalue weighted by atomic mass is 32.1. The van der Waals surface area contributed by atoms with Gasteiger partial charge in [-0.3, -0.25) is 18.9 Å². The molecule has 0 amide bonds. The summed E-state index contributed by atoms with van der Waals surface area (Å²) >= 11 is 1.50. The Morgan fingerprint density at radius 1 is 1.31 bits per heavy atom. The van der Waals surface area contributed by atoms with E-state index in [0.717, 1.165) is 54.2 Å². The number of aromatic nitrogens is 4. The van der Waals surface area contributed by atoms with E-state index >= 15 is 0 Å². The Morgan fingerprint density at radius 3 is 2.96 bits per heavy atom. The topological polar surface area (TPSA) is 56.0 Å². The van der Waals surface area contributed by atoms with E-state index in [0.29, 0.717) is 6.54 Å². The molecule has 0 unspecified atom stereocenters. The summed E-state index contributed by atoms with van der Waals surface area (Å²) in [6.07, 6.45) is 4.60. The van der Waals surface area contributed by atoms with Crippen molar-refractivity contribution in [1.29, 1.82) is 0 Å². The first-order valence-corrected chi connectivity index (χ1v) is 9.78. The predicted octanol–water partition coefficient (Wildman–Crippen LogP) is 2.52. The van der Waals surface area contributed by atoms with Gasteiger partial charge in [0.25, 0.3) is 5.56 Å². The molecule has 3 aromatic heterocycles. The molecule has 3 aromatic rings. The minimum Gasteiger partial charge on any atom is -0.297 e. The molecule has 1 aliphatic rings. The van der Waals surface area contributed by atoms with Crippen LogP contribution >= 0.6 is 11.3 Å². The van der Waals surface area contributed by atoms with E-state index in [2.05, 4.69) is 23.5 Å². The van der Waals surface area contributed by atoms with E-state index in [1.807, 2.05) is 33.8 Å². The minimum atomic E-state index is 0.111. The molecule has 0 bridgehead atoms. The Hall–Kier alpha value is -2.25. The van der Waals surface area contributed by atoms with Gasteiger partial charge < -0.3 is 0 Å². The summed E-state index contributed by atoms with van der Waals surface area (Å²) in [6.45, 7) is 11.9. The predicted molar refractivity (Wildman–Crippen MR) is 105 cm³/mol. The second-order valence-electron chi connectivity index (χ2n) is 6.83. The van der Waals surface area contributed by atoms with Crippen molar-refractivity contribution in [2.75, 3.05) is 13.1 Å². The van der Waals surface area contributed by atoms with Gasteiger partial charge in [0.2, 0.25) is 0 Å². The van der Waals surface area contributed by atoms with Crippen molar-refractivity contribution in [2.45, 2.75) is 39.9 Å². The molecule has 4 heterocycles. The molecular formula is C19H23N5OS. The molecule has 1 aliphatic heterocycles.